The molecular formula is C16H13N3. The molecule has 0 aliphatic rings. The Kier molecular flexibility index (Phi) is 2.77. The second-order valence-electron chi connectivity index (χ2n) is 4.69. The Bertz CT molecular complexity index is 761. The van der Waals surface area contributed by atoms with Gasteiger partial charge in [-0.25, -0.2) is 4.98 Å². The molecule has 2 aromatic carbocycles. The van der Waals surface area contributed by atoms with Gasteiger partial charge in [-0.05, 0) is 30.7 Å². The number of benzene rings is 2. The Morgan fingerprint density at radius 3 is 2.68 bits per heavy atom. The molecule has 3 nitrogen and oxygen atoms in total. The molecule has 3 aromatic rings. The third-order valence-electron chi connectivity index (χ3n) is 3.15. The zero-order chi connectivity index (χ0) is 13.2. The Morgan fingerprint density at radius 1 is 1.16 bits per heavy atom. The van der Waals surface area contributed by atoms with E-state index in [0.717, 1.165) is 23.3 Å². The number of nitriles is 1. The molecule has 1 heterocycles. The van der Waals surface area contributed by atoms with Crippen LogP contribution >= 0.6 is 0 Å². The number of imidazole rings is 1. The maximum Gasteiger partial charge on any atom is 0.111 e. The van der Waals surface area contributed by atoms with Crippen LogP contribution in [0.1, 0.15) is 22.5 Å². The van der Waals surface area contributed by atoms with Crippen LogP contribution < -0.4 is 0 Å². The first kappa shape index (κ1) is 11.5. The molecule has 19 heavy (non-hydrogen) atoms. The first-order valence-electron chi connectivity index (χ1n) is 6.19. The van der Waals surface area contributed by atoms with Crippen molar-refractivity contribution in [3.63, 3.8) is 0 Å². The van der Waals surface area contributed by atoms with Crippen LogP contribution in [-0.4, -0.2) is 9.97 Å². The van der Waals surface area contributed by atoms with E-state index in [0.29, 0.717) is 5.56 Å². The molecule has 3 heteroatoms. The Labute approximate surface area is 111 Å². The summed E-state index contributed by atoms with van der Waals surface area (Å²) >= 11 is 0. The molecule has 0 spiro atoms. The first-order chi connectivity index (χ1) is 9.24. The standard InChI is InChI=1S/C16H13N3/c1-11-2-4-12(5-3-11)9-16-18-14-7-6-13(10-17)8-15(14)19-16/h2-8H,9H2,1H3,(H,18,19). The number of nitrogens with one attached hydrogen (secondary N) is 1. The van der Waals surface area contributed by atoms with Crippen LogP contribution in [0, 0.1) is 18.3 Å². The average Bonchev–Trinajstić information content (AvgIpc) is 2.82. The Hall–Kier alpha value is -2.60. The highest BCUT2D eigenvalue weighted by atomic mass is 14.9. The topological polar surface area (TPSA) is 52.5 Å². The quantitative estimate of drug-likeness (QED) is 0.755. The lowest BCUT2D eigenvalue weighted by atomic mass is 10.1. The number of aryl methyl sites for hydroxylation is 1. The molecule has 0 saturated heterocycles. The third-order valence-corrected chi connectivity index (χ3v) is 3.15. The van der Waals surface area contributed by atoms with Crippen molar-refractivity contribution in [3.8, 4) is 6.07 Å². The van der Waals surface area contributed by atoms with Crippen molar-refractivity contribution in [3.05, 3.63) is 65.0 Å². The van der Waals surface area contributed by atoms with E-state index in [1.165, 1.54) is 11.1 Å². The highest BCUT2D eigenvalue weighted by molar-refractivity contribution is 5.76. The molecular weight excluding hydrogens is 234 g/mol. The zero-order valence-corrected chi connectivity index (χ0v) is 10.6. The van der Waals surface area contributed by atoms with Crippen molar-refractivity contribution in [2.75, 3.05) is 0 Å². The van der Waals surface area contributed by atoms with Gasteiger partial charge >= 0.3 is 0 Å². The summed E-state index contributed by atoms with van der Waals surface area (Å²) in [6, 6.07) is 16.1. The monoisotopic (exact) mass is 247 g/mol. The summed E-state index contributed by atoms with van der Waals surface area (Å²) in [5.41, 5.74) is 4.96. The van der Waals surface area contributed by atoms with Crippen molar-refractivity contribution >= 4 is 11.0 Å². The number of aromatic nitrogens is 2. The molecule has 0 bridgehead atoms. The van der Waals surface area contributed by atoms with E-state index in [1.807, 2.05) is 12.1 Å². The normalized spacial score (nSPS) is 10.5. The molecule has 92 valence electrons. The predicted octanol–water partition coefficient (Wildman–Crippen LogP) is 3.33. The highest BCUT2D eigenvalue weighted by Crippen LogP contribution is 2.15. The van der Waals surface area contributed by atoms with Gasteiger partial charge in [0, 0.05) is 6.42 Å². The van der Waals surface area contributed by atoms with Gasteiger partial charge in [-0.1, -0.05) is 29.8 Å². The first-order valence-corrected chi connectivity index (χ1v) is 6.19. The molecule has 1 N–H and O–H groups in total. The second kappa shape index (κ2) is 4.58. The molecule has 0 unspecified atom stereocenters. The van der Waals surface area contributed by atoms with Gasteiger partial charge in [0.05, 0.1) is 22.7 Å². The fourth-order valence-electron chi connectivity index (χ4n) is 2.12. The lowest BCUT2D eigenvalue weighted by molar-refractivity contribution is 1.04. The summed E-state index contributed by atoms with van der Waals surface area (Å²) in [5, 5.41) is 8.88. The van der Waals surface area contributed by atoms with Crippen LogP contribution in [0.3, 0.4) is 0 Å². The molecule has 0 saturated carbocycles. The lowest BCUT2D eigenvalue weighted by Gasteiger charge is -1.98. The van der Waals surface area contributed by atoms with Crippen molar-refractivity contribution in [1.82, 2.24) is 9.97 Å². The number of hydrogen-bond acceptors (Lipinski definition) is 2. The summed E-state index contributed by atoms with van der Waals surface area (Å²) in [6.07, 6.45) is 0.775. The van der Waals surface area contributed by atoms with Crippen LogP contribution in [0.25, 0.3) is 11.0 Å². The van der Waals surface area contributed by atoms with Crippen molar-refractivity contribution < 1.29 is 0 Å². The molecule has 0 radical (unpaired) electrons. The van der Waals surface area contributed by atoms with E-state index in [9.17, 15) is 0 Å². The van der Waals surface area contributed by atoms with Gasteiger partial charge in [-0.15, -0.1) is 0 Å². The summed E-state index contributed by atoms with van der Waals surface area (Å²) in [5.74, 6) is 0.925. The molecule has 1 aromatic heterocycles. The number of hydrogen-bond donors (Lipinski definition) is 1. The summed E-state index contributed by atoms with van der Waals surface area (Å²) in [7, 11) is 0. The molecule has 0 aliphatic heterocycles. The molecule has 0 aliphatic carbocycles. The lowest BCUT2D eigenvalue weighted by Crippen LogP contribution is -1.90. The zero-order valence-electron chi connectivity index (χ0n) is 10.6. The van der Waals surface area contributed by atoms with Crippen LogP contribution in [0.15, 0.2) is 42.5 Å². The summed E-state index contributed by atoms with van der Waals surface area (Å²) in [4.78, 5) is 7.81. The second-order valence-corrected chi connectivity index (χ2v) is 4.69. The van der Waals surface area contributed by atoms with Gasteiger partial charge < -0.3 is 4.98 Å². The summed E-state index contributed by atoms with van der Waals surface area (Å²) < 4.78 is 0. The van der Waals surface area contributed by atoms with Crippen LogP contribution in [0.5, 0.6) is 0 Å². The Morgan fingerprint density at radius 2 is 1.95 bits per heavy atom. The third kappa shape index (κ3) is 2.34. The maximum atomic E-state index is 8.88. The van der Waals surface area contributed by atoms with E-state index in [1.54, 1.807) is 6.07 Å². The Balaban J connectivity index is 1.93. The minimum atomic E-state index is 0.651. The summed E-state index contributed by atoms with van der Waals surface area (Å²) in [6.45, 7) is 2.08. The fourth-order valence-corrected chi connectivity index (χ4v) is 2.12. The molecule has 0 amide bonds. The highest BCUT2D eigenvalue weighted by Gasteiger charge is 2.04. The van der Waals surface area contributed by atoms with Gasteiger partial charge in [-0.3, -0.25) is 0 Å². The van der Waals surface area contributed by atoms with Crippen molar-refractivity contribution in [2.45, 2.75) is 13.3 Å². The maximum absolute atomic E-state index is 8.88. The van der Waals surface area contributed by atoms with Gasteiger partial charge in [0.15, 0.2) is 0 Å². The number of fused-ring (bicyclic) bond motifs is 1. The SMILES string of the molecule is Cc1ccc(Cc2nc3ccc(C#N)cc3[nH]2)cc1. The van der Waals surface area contributed by atoms with E-state index in [2.05, 4.69) is 47.2 Å². The molecule has 3 rings (SSSR count). The van der Waals surface area contributed by atoms with E-state index < -0.39 is 0 Å². The largest absolute Gasteiger partial charge is 0.342 e. The minimum Gasteiger partial charge on any atom is -0.342 e. The average molecular weight is 247 g/mol. The molecule has 0 atom stereocenters. The van der Waals surface area contributed by atoms with Crippen molar-refractivity contribution in [2.24, 2.45) is 0 Å². The van der Waals surface area contributed by atoms with Crippen LogP contribution in [0.4, 0.5) is 0 Å². The van der Waals surface area contributed by atoms with Crippen LogP contribution in [0.2, 0.25) is 0 Å². The minimum absolute atomic E-state index is 0.651. The van der Waals surface area contributed by atoms with E-state index in [-0.39, 0.29) is 0 Å². The van der Waals surface area contributed by atoms with Crippen LogP contribution in [-0.2, 0) is 6.42 Å². The van der Waals surface area contributed by atoms with Crippen molar-refractivity contribution in [1.29, 1.82) is 5.26 Å². The van der Waals surface area contributed by atoms with E-state index in [4.69, 9.17) is 5.26 Å². The molecule has 0 fully saturated rings. The van der Waals surface area contributed by atoms with Gasteiger partial charge in [0.2, 0.25) is 0 Å². The number of aromatic amines is 1. The van der Waals surface area contributed by atoms with Gasteiger partial charge in [0.25, 0.3) is 0 Å². The smallest absolute Gasteiger partial charge is 0.111 e. The number of rotatable bonds is 2. The number of nitrogens with zero attached hydrogens (tertiary/aromatic N) is 2. The predicted molar refractivity (Wildman–Crippen MR) is 74.8 cm³/mol. The number of H-pyrrole nitrogens is 1. The van der Waals surface area contributed by atoms with E-state index >= 15 is 0 Å². The fraction of sp³-hybridized carbons (Fsp3) is 0.125. The van der Waals surface area contributed by atoms with Gasteiger partial charge in [-0.2, -0.15) is 5.26 Å². The van der Waals surface area contributed by atoms with Gasteiger partial charge in [0.1, 0.15) is 5.82 Å².